The number of carbonyl (C=O) groups excluding carboxylic acids is 1. The molecule has 2 aromatic carbocycles. The molecular weight excluding hydrogens is 355 g/mol. The van der Waals surface area contributed by atoms with Crippen LogP contribution in [0.3, 0.4) is 0 Å². The number of amides is 1. The van der Waals surface area contributed by atoms with Gasteiger partial charge in [-0.1, -0.05) is 25.1 Å². The second-order valence-electron chi connectivity index (χ2n) is 6.03. The first-order valence-corrected chi connectivity index (χ1v) is 8.51. The Balaban J connectivity index is 1.94. The van der Waals surface area contributed by atoms with Crippen molar-refractivity contribution in [3.8, 4) is 0 Å². The quantitative estimate of drug-likeness (QED) is 0.651. The summed E-state index contributed by atoms with van der Waals surface area (Å²) in [6.07, 6.45) is -3.57. The lowest BCUT2D eigenvalue weighted by molar-refractivity contribution is -0.137. The van der Waals surface area contributed by atoms with E-state index >= 15 is 0 Å². The van der Waals surface area contributed by atoms with E-state index in [1.807, 2.05) is 25.1 Å². The van der Waals surface area contributed by atoms with E-state index in [0.717, 1.165) is 18.6 Å². The molecule has 0 aliphatic rings. The van der Waals surface area contributed by atoms with Gasteiger partial charge in [0, 0.05) is 17.6 Å². The van der Waals surface area contributed by atoms with Crippen LogP contribution in [0.4, 0.5) is 24.7 Å². The fourth-order valence-electron chi connectivity index (χ4n) is 2.65. The molecular formula is C20H18F3N3O. The van der Waals surface area contributed by atoms with E-state index in [4.69, 9.17) is 0 Å². The fourth-order valence-corrected chi connectivity index (χ4v) is 2.65. The molecule has 0 aliphatic carbocycles. The predicted octanol–water partition coefficient (Wildman–Crippen LogP) is 5.14. The topological polar surface area (TPSA) is 54.0 Å². The normalized spacial score (nSPS) is 11.4. The fraction of sp³-hybridized carbons (Fsp3) is 0.200. The van der Waals surface area contributed by atoms with Crippen molar-refractivity contribution in [1.82, 2.24) is 10.3 Å². The lowest BCUT2D eigenvalue weighted by atomic mass is 10.1. The molecule has 27 heavy (non-hydrogen) atoms. The van der Waals surface area contributed by atoms with Crippen molar-refractivity contribution in [3.63, 3.8) is 0 Å². The van der Waals surface area contributed by atoms with Crippen LogP contribution in [0.15, 0.2) is 54.6 Å². The van der Waals surface area contributed by atoms with Crippen LogP contribution in [0, 0.1) is 0 Å². The average Bonchev–Trinajstić information content (AvgIpc) is 2.65. The highest BCUT2D eigenvalue weighted by Gasteiger charge is 2.29. The zero-order chi connectivity index (χ0) is 19.4. The van der Waals surface area contributed by atoms with Gasteiger partial charge in [-0.2, -0.15) is 13.2 Å². The van der Waals surface area contributed by atoms with Crippen molar-refractivity contribution >= 4 is 28.3 Å². The van der Waals surface area contributed by atoms with Crippen molar-refractivity contribution in [2.75, 3.05) is 11.9 Å². The largest absolute Gasteiger partial charge is 0.416 e. The number of nitrogens with zero attached hydrogens (tertiary/aromatic N) is 1. The zero-order valence-electron chi connectivity index (χ0n) is 14.6. The van der Waals surface area contributed by atoms with Gasteiger partial charge in [-0.3, -0.25) is 4.79 Å². The average molecular weight is 373 g/mol. The Labute approximate surface area is 154 Å². The number of nitrogens with one attached hydrogen (secondary N) is 2. The van der Waals surface area contributed by atoms with Gasteiger partial charge in [0.1, 0.15) is 5.82 Å². The van der Waals surface area contributed by atoms with E-state index in [1.165, 1.54) is 12.1 Å². The van der Waals surface area contributed by atoms with Gasteiger partial charge in [0.25, 0.3) is 5.91 Å². The van der Waals surface area contributed by atoms with Crippen molar-refractivity contribution in [2.24, 2.45) is 0 Å². The standard InChI is InChI=1S/C20H18F3N3O/c1-2-11-24-19(27)16-12-18(26-17-6-4-3-5-15(16)17)25-14-9-7-13(8-10-14)20(21,22)23/h3-10,12H,2,11H2,1H3,(H,24,27)(H,25,26). The molecule has 0 unspecified atom stereocenters. The third kappa shape index (κ3) is 4.36. The first-order chi connectivity index (χ1) is 12.9. The molecule has 1 aromatic heterocycles. The number of alkyl halides is 3. The summed E-state index contributed by atoms with van der Waals surface area (Å²) in [5.41, 5.74) is 0.810. The van der Waals surface area contributed by atoms with Crippen LogP contribution in [-0.2, 0) is 6.18 Å². The summed E-state index contributed by atoms with van der Waals surface area (Å²) in [6.45, 7) is 2.51. The number of hydrogen-bond donors (Lipinski definition) is 2. The monoisotopic (exact) mass is 373 g/mol. The first-order valence-electron chi connectivity index (χ1n) is 8.51. The van der Waals surface area contributed by atoms with Crippen LogP contribution in [0.2, 0.25) is 0 Å². The Morgan fingerprint density at radius 1 is 1.07 bits per heavy atom. The lowest BCUT2D eigenvalue weighted by Crippen LogP contribution is -2.24. The second kappa shape index (κ2) is 7.65. The van der Waals surface area contributed by atoms with Gasteiger partial charge in [-0.25, -0.2) is 4.98 Å². The minimum absolute atomic E-state index is 0.217. The van der Waals surface area contributed by atoms with Gasteiger partial charge in [-0.15, -0.1) is 0 Å². The molecule has 7 heteroatoms. The summed E-state index contributed by atoms with van der Waals surface area (Å²) in [5.74, 6) is 0.168. The Kier molecular flexibility index (Phi) is 5.30. The number of pyridine rings is 1. The molecule has 3 rings (SSSR count). The van der Waals surface area contributed by atoms with E-state index in [1.54, 1.807) is 12.1 Å². The Hall–Kier alpha value is -3.09. The van der Waals surface area contributed by atoms with E-state index in [0.29, 0.717) is 34.5 Å². The molecule has 4 nitrogen and oxygen atoms in total. The summed E-state index contributed by atoms with van der Waals surface area (Å²) >= 11 is 0. The van der Waals surface area contributed by atoms with Crippen LogP contribution < -0.4 is 10.6 Å². The van der Waals surface area contributed by atoms with Gasteiger partial charge in [-0.05, 0) is 42.8 Å². The van der Waals surface area contributed by atoms with Crippen LogP contribution >= 0.6 is 0 Å². The van der Waals surface area contributed by atoms with Gasteiger partial charge >= 0.3 is 6.18 Å². The van der Waals surface area contributed by atoms with E-state index in [9.17, 15) is 18.0 Å². The number of anilines is 2. The van der Waals surface area contributed by atoms with Crippen LogP contribution in [0.25, 0.3) is 10.9 Å². The summed E-state index contributed by atoms with van der Waals surface area (Å²) in [4.78, 5) is 16.9. The molecule has 0 saturated heterocycles. The first kappa shape index (κ1) is 18.7. The van der Waals surface area contributed by atoms with Crippen LogP contribution in [-0.4, -0.2) is 17.4 Å². The Morgan fingerprint density at radius 3 is 2.44 bits per heavy atom. The van der Waals surface area contributed by atoms with Crippen molar-refractivity contribution in [2.45, 2.75) is 19.5 Å². The number of para-hydroxylation sites is 1. The number of hydrogen-bond acceptors (Lipinski definition) is 3. The Morgan fingerprint density at radius 2 is 1.78 bits per heavy atom. The van der Waals surface area contributed by atoms with E-state index < -0.39 is 11.7 Å². The minimum Gasteiger partial charge on any atom is -0.352 e. The highest BCUT2D eigenvalue weighted by atomic mass is 19.4. The summed E-state index contributed by atoms with van der Waals surface area (Å²) in [6, 6.07) is 13.5. The van der Waals surface area contributed by atoms with Crippen LogP contribution in [0.5, 0.6) is 0 Å². The summed E-state index contributed by atoms with van der Waals surface area (Å²) in [7, 11) is 0. The molecule has 1 heterocycles. The summed E-state index contributed by atoms with van der Waals surface area (Å²) in [5, 5.41) is 6.52. The molecule has 0 saturated carbocycles. The number of aromatic nitrogens is 1. The molecule has 140 valence electrons. The Bertz CT molecular complexity index is 953. The molecule has 0 fully saturated rings. The number of fused-ring (bicyclic) bond motifs is 1. The predicted molar refractivity (Wildman–Crippen MR) is 99.1 cm³/mol. The highest BCUT2D eigenvalue weighted by molar-refractivity contribution is 6.07. The smallest absolute Gasteiger partial charge is 0.352 e. The van der Waals surface area contributed by atoms with Gasteiger partial charge < -0.3 is 10.6 Å². The lowest BCUT2D eigenvalue weighted by Gasteiger charge is -2.12. The second-order valence-corrected chi connectivity index (χ2v) is 6.03. The maximum Gasteiger partial charge on any atom is 0.416 e. The minimum atomic E-state index is -4.38. The van der Waals surface area contributed by atoms with Gasteiger partial charge in [0.15, 0.2) is 0 Å². The molecule has 0 bridgehead atoms. The molecule has 0 radical (unpaired) electrons. The van der Waals surface area contributed by atoms with Crippen molar-refractivity contribution in [3.05, 3.63) is 65.7 Å². The van der Waals surface area contributed by atoms with Crippen LogP contribution in [0.1, 0.15) is 29.3 Å². The van der Waals surface area contributed by atoms with Crippen molar-refractivity contribution < 1.29 is 18.0 Å². The van der Waals surface area contributed by atoms with Gasteiger partial charge in [0.05, 0.1) is 16.6 Å². The molecule has 3 aromatic rings. The maximum atomic E-state index is 12.7. The highest BCUT2D eigenvalue weighted by Crippen LogP contribution is 2.30. The molecule has 0 spiro atoms. The third-order valence-electron chi connectivity index (χ3n) is 3.98. The number of halogens is 3. The molecule has 2 N–H and O–H groups in total. The molecule has 0 atom stereocenters. The third-order valence-corrected chi connectivity index (χ3v) is 3.98. The number of rotatable bonds is 5. The SMILES string of the molecule is CCCNC(=O)c1cc(Nc2ccc(C(F)(F)F)cc2)nc2ccccc12. The number of carbonyl (C=O) groups is 1. The van der Waals surface area contributed by atoms with E-state index in [2.05, 4.69) is 15.6 Å². The maximum absolute atomic E-state index is 12.7. The summed E-state index contributed by atoms with van der Waals surface area (Å²) < 4.78 is 38.1. The van der Waals surface area contributed by atoms with Crippen molar-refractivity contribution in [1.29, 1.82) is 0 Å². The zero-order valence-corrected chi connectivity index (χ0v) is 14.6. The molecule has 1 amide bonds. The van der Waals surface area contributed by atoms with E-state index in [-0.39, 0.29) is 5.91 Å². The number of benzene rings is 2. The molecule has 0 aliphatic heterocycles. The van der Waals surface area contributed by atoms with Gasteiger partial charge in [0.2, 0.25) is 0 Å².